The van der Waals surface area contributed by atoms with E-state index >= 15 is 0 Å². The first-order valence-corrected chi connectivity index (χ1v) is 11.5. The Balaban J connectivity index is 1.42. The van der Waals surface area contributed by atoms with Gasteiger partial charge < -0.3 is 10.6 Å². The Hall–Kier alpha value is -1.87. The van der Waals surface area contributed by atoms with E-state index in [0.717, 1.165) is 29.6 Å². The molecule has 1 saturated heterocycles. The highest BCUT2D eigenvalue weighted by Crippen LogP contribution is 2.29. The van der Waals surface area contributed by atoms with E-state index in [1.807, 2.05) is 24.3 Å². The van der Waals surface area contributed by atoms with Gasteiger partial charge >= 0.3 is 0 Å². The highest BCUT2D eigenvalue weighted by molar-refractivity contribution is 7.99. The summed E-state index contributed by atoms with van der Waals surface area (Å²) in [7, 11) is -3.00. The molecule has 1 unspecified atom stereocenters. The number of para-hydroxylation sites is 1. The van der Waals surface area contributed by atoms with Gasteiger partial charge in [-0.1, -0.05) is 23.9 Å². The third-order valence-corrected chi connectivity index (χ3v) is 7.05. The highest BCUT2D eigenvalue weighted by Gasteiger charge is 2.29. The first kappa shape index (κ1) is 17.5. The minimum absolute atomic E-state index is 0.0331. The molecule has 26 heavy (non-hydrogen) atoms. The molecular weight excluding hydrogens is 372 g/mol. The first-order chi connectivity index (χ1) is 12.5. The number of carbonyl (C=O) groups is 1. The summed E-state index contributed by atoms with van der Waals surface area (Å²) in [5.41, 5.74) is 0.843. The standard InChI is InChI=1S/C17H20N4O3S2/c22-15(18-12-7-8-26(23,24)10-12)9-25-17-20-14-4-2-1-3-13(14)16(21-17)19-11-5-6-11/h1-4,11-12H,5-10H2,(H,18,22)(H,19,20,21). The lowest BCUT2D eigenvalue weighted by Crippen LogP contribution is -2.36. The number of rotatable bonds is 6. The second-order valence-corrected chi connectivity index (χ2v) is 9.92. The molecule has 0 spiro atoms. The largest absolute Gasteiger partial charge is 0.367 e. The Labute approximate surface area is 156 Å². The summed E-state index contributed by atoms with van der Waals surface area (Å²) >= 11 is 1.26. The molecule has 1 atom stereocenters. The van der Waals surface area contributed by atoms with Crippen LogP contribution in [0.2, 0.25) is 0 Å². The number of nitrogens with one attached hydrogen (secondary N) is 2. The molecular formula is C17H20N4O3S2. The molecule has 2 N–H and O–H groups in total. The van der Waals surface area contributed by atoms with Gasteiger partial charge in [-0.05, 0) is 31.4 Å². The van der Waals surface area contributed by atoms with Gasteiger partial charge in [-0.3, -0.25) is 4.79 Å². The molecule has 1 aromatic carbocycles. The number of fused-ring (bicyclic) bond motifs is 1. The van der Waals surface area contributed by atoms with Crippen molar-refractivity contribution >= 4 is 44.2 Å². The zero-order chi connectivity index (χ0) is 18.1. The number of anilines is 1. The van der Waals surface area contributed by atoms with Crippen LogP contribution in [0.4, 0.5) is 5.82 Å². The van der Waals surface area contributed by atoms with Crippen molar-refractivity contribution in [3.63, 3.8) is 0 Å². The summed E-state index contributed by atoms with van der Waals surface area (Å²) in [6.45, 7) is 0. The number of sulfone groups is 1. The summed E-state index contributed by atoms with van der Waals surface area (Å²) in [5.74, 6) is 0.964. The van der Waals surface area contributed by atoms with Crippen LogP contribution < -0.4 is 10.6 Å². The molecule has 1 saturated carbocycles. The number of hydrogen-bond donors (Lipinski definition) is 2. The Morgan fingerprint density at radius 3 is 2.69 bits per heavy atom. The van der Waals surface area contributed by atoms with Gasteiger partial charge in [0.15, 0.2) is 15.0 Å². The highest BCUT2D eigenvalue weighted by atomic mass is 32.2. The zero-order valence-electron chi connectivity index (χ0n) is 14.1. The quantitative estimate of drug-likeness (QED) is 0.569. The number of carbonyl (C=O) groups excluding carboxylic acids is 1. The monoisotopic (exact) mass is 392 g/mol. The summed E-state index contributed by atoms with van der Waals surface area (Å²) in [6, 6.07) is 8.00. The van der Waals surface area contributed by atoms with Gasteiger partial charge in [0, 0.05) is 17.5 Å². The molecule has 138 valence electrons. The number of hydrogen-bond acceptors (Lipinski definition) is 7. The molecule has 1 aliphatic heterocycles. The van der Waals surface area contributed by atoms with Crippen molar-refractivity contribution in [3.05, 3.63) is 24.3 Å². The second kappa shape index (κ2) is 7.03. The molecule has 1 amide bonds. The lowest BCUT2D eigenvalue weighted by molar-refractivity contribution is -0.119. The lowest BCUT2D eigenvalue weighted by Gasteiger charge is -2.11. The predicted octanol–water partition coefficient (Wildman–Crippen LogP) is 1.60. The van der Waals surface area contributed by atoms with E-state index in [9.17, 15) is 13.2 Å². The number of aromatic nitrogens is 2. The molecule has 2 heterocycles. The van der Waals surface area contributed by atoms with Crippen LogP contribution in [0, 0.1) is 0 Å². The van der Waals surface area contributed by atoms with Gasteiger partial charge in [-0.2, -0.15) is 0 Å². The normalized spacial score (nSPS) is 21.6. The van der Waals surface area contributed by atoms with E-state index in [4.69, 9.17) is 0 Å². The fourth-order valence-corrected chi connectivity index (χ4v) is 5.29. The minimum atomic E-state index is -3.00. The van der Waals surface area contributed by atoms with Crippen molar-refractivity contribution in [1.82, 2.24) is 15.3 Å². The molecule has 2 aromatic rings. The zero-order valence-corrected chi connectivity index (χ0v) is 15.8. The van der Waals surface area contributed by atoms with Crippen LogP contribution in [0.1, 0.15) is 19.3 Å². The van der Waals surface area contributed by atoms with Gasteiger partial charge in [0.25, 0.3) is 0 Å². The lowest BCUT2D eigenvalue weighted by atomic mass is 10.2. The summed E-state index contributed by atoms with van der Waals surface area (Å²) in [6.07, 6.45) is 2.78. The molecule has 7 nitrogen and oxygen atoms in total. The molecule has 2 aliphatic rings. The number of nitrogens with zero attached hydrogens (tertiary/aromatic N) is 2. The average Bonchev–Trinajstić information content (AvgIpc) is 3.35. The van der Waals surface area contributed by atoms with Crippen LogP contribution >= 0.6 is 11.8 Å². The minimum Gasteiger partial charge on any atom is -0.367 e. The van der Waals surface area contributed by atoms with Crippen LogP contribution in [-0.2, 0) is 14.6 Å². The van der Waals surface area contributed by atoms with Crippen LogP contribution in [0.3, 0.4) is 0 Å². The van der Waals surface area contributed by atoms with Gasteiger partial charge in [0.1, 0.15) is 5.82 Å². The Bertz CT molecular complexity index is 944. The van der Waals surface area contributed by atoms with Crippen molar-refractivity contribution in [3.8, 4) is 0 Å². The smallest absolute Gasteiger partial charge is 0.230 e. The first-order valence-electron chi connectivity index (χ1n) is 8.64. The van der Waals surface area contributed by atoms with Crippen LogP contribution in [0.25, 0.3) is 10.9 Å². The molecule has 1 aromatic heterocycles. The van der Waals surface area contributed by atoms with E-state index in [1.165, 1.54) is 11.8 Å². The third kappa shape index (κ3) is 4.27. The van der Waals surface area contributed by atoms with Gasteiger partial charge in [0.2, 0.25) is 5.91 Å². The summed E-state index contributed by atoms with van der Waals surface area (Å²) < 4.78 is 22.9. The van der Waals surface area contributed by atoms with Crippen molar-refractivity contribution in [2.45, 2.75) is 36.5 Å². The van der Waals surface area contributed by atoms with E-state index in [0.29, 0.717) is 17.6 Å². The van der Waals surface area contributed by atoms with Crippen LogP contribution in [0.15, 0.2) is 29.4 Å². The summed E-state index contributed by atoms with van der Waals surface area (Å²) in [5, 5.41) is 7.73. The Morgan fingerprint density at radius 1 is 1.15 bits per heavy atom. The fourth-order valence-electron chi connectivity index (χ4n) is 2.96. The second-order valence-electron chi connectivity index (χ2n) is 6.75. The molecule has 9 heteroatoms. The van der Waals surface area contributed by atoms with Crippen LogP contribution in [-0.4, -0.2) is 53.6 Å². The Morgan fingerprint density at radius 2 is 1.96 bits per heavy atom. The van der Waals surface area contributed by atoms with Crippen LogP contribution in [0.5, 0.6) is 0 Å². The van der Waals surface area contributed by atoms with Crippen molar-refractivity contribution in [2.75, 3.05) is 22.6 Å². The topological polar surface area (TPSA) is 101 Å². The van der Waals surface area contributed by atoms with Crippen molar-refractivity contribution < 1.29 is 13.2 Å². The van der Waals surface area contributed by atoms with E-state index in [2.05, 4.69) is 20.6 Å². The maximum Gasteiger partial charge on any atom is 0.230 e. The fraction of sp³-hybridized carbons (Fsp3) is 0.471. The molecule has 1 aliphatic carbocycles. The summed E-state index contributed by atoms with van der Waals surface area (Å²) in [4.78, 5) is 21.2. The SMILES string of the molecule is O=C(CSc1nc(NC2CC2)c2ccccc2n1)NC1CCS(=O)(=O)C1. The number of thioether (sulfide) groups is 1. The molecule has 0 radical (unpaired) electrons. The van der Waals surface area contributed by atoms with Gasteiger partial charge in [0.05, 0.1) is 22.8 Å². The van der Waals surface area contributed by atoms with Crippen molar-refractivity contribution in [1.29, 1.82) is 0 Å². The average molecular weight is 393 g/mol. The van der Waals surface area contributed by atoms with E-state index < -0.39 is 9.84 Å². The van der Waals surface area contributed by atoms with Gasteiger partial charge in [-0.15, -0.1) is 0 Å². The molecule has 4 rings (SSSR count). The number of amides is 1. The molecule has 0 bridgehead atoms. The van der Waals surface area contributed by atoms with Crippen molar-refractivity contribution in [2.24, 2.45) is 0 Å². The Kier molecular flexibility index (Phi) is 4.74. The number of benzene rings is 1. The van der Waals surface area contributed by atoms with E-state index in [1.54, 1.807) is 0 Å². The third-order valence-electron chi connectivity index (χ3n) is 4.43. The molecule has 2 fully saturated rings. The van der Waals surface area contributed by atoms with E-state index in [-0.39, 0.29) is 29.2 Å². The maximum atomic E-state index is 12.1. The maximum absolute atomic E-state index is 12.1. The van der Waals surface area contributed by atoms with Gasteiger partial charge in [-0.25, -0.2) is 18.4 Å². The predicted molar refractivity (Wildman–Crippen MR) is 102 cm³/mol.